The number of carbonyl (C=O) groups is 2. The van der Waals surface area contributed by atoms with Gasteiger partial charge in [0.25, 0.3) is 5.91 Å². The molecule has 8 heteroatoms. The maximum atomic E-state index is 12.2. The van der Waals surface area contributed by atoms with Gasteiger partial charge < -0.3 is 16.0 Å². The first-order valence-corrected chi connectivity index (χ1v) is 8.15. The predicted octanol–water partition coefficient (Wildman–Crippen LogP) is 4.41. The molecular weight excluding hydrogens is 375 g/mol. The monoisotopic (exact) mass is 388 g/mol. The second-order valence-corrected chi connectivity index (χ2v) is 5.99. The molecule has 2 aromatic carbocycles. The van der Waals surface area contributed by atoms with Crippen LogP contribution in [0.4, 0.5) is 17.1 Å². The molecule has 2 aromatic rings. The molecule has 132 valence electrons. The molecule has 0 aliphatic carbocycles. The molecule has 0 bridgehead atoms. The number of hydrogen-bond donors (Lipinski definition) is 3. The SMILES string of the molecule is CC(=O)Nc1ccc(N/C=C(/C#N)C(=O)Nc2ccc(Cl)cc2Cl)cc1. The Balaban J connectivity index is 2.06. The first-order chi connectivity index (χ1) is 12.4. The van der Waals surface area contributed by atoms with Gasteiger partial charge in [-0.1, -0.05) is 23.2 Å². The van der Waals surface area contributed by atoms with E-state index >= 15 is 0 Å². The maximum absolute atomic E-state index is 12.2. The highest BCUT2D eigenvalue weighted by molar-refractivity contribution is 6.36. The molecule has 2 amide bonds. The summed E-state index contributed by atoms with van der Waals surface area (Å²) >= 11 is 11.8. The minimum Gasteiger partial charge on any atom is -0.360 e. The third-order valence-electron chi connectivity index (χ3n) is 3.13. The molecule has 0 heterocycles. The molecule has 0 aromatic heterocycles. The van der Waals surface area contributed by atoms with Crippen molar-refractivity contribution in [2.24, 2.45) is 0 Å². The van der Waals surface area contributed by atoms with E-state index in [1.165, 1.54) is 19.2 Å². The third-order valence-corrected chi connectivity index (χ3v) is 3.68. The number of carbonyl (C=O) groups excluding carboxylic acids is 2. The van der Waals surface area contributed by atoms with Gasteiger partial charge in [-0.2, -0.15) is 5.26 Å². The van der Waals surface area contributed by atoms with Gasteiger partial charge in [0.2, 0.25) is 5.91 Å². The van der Waals surface area contributed by atoms with E-state index in [4.69, 9.17) is 23.2 Å². The van der Waals surface area contributed by atoms with Crippen LogP contribution in [0.25, 0.3) is 0 Å². The minimum absolute atomic E-state index is 0.137. The van der Waals surface area contributed by atoms with Crippen molar-refractivity contribution >= 4 is 52.1 Å². The molecule has 0 fully saturated rings. The summed E-state index contributed by atoms with van der Waals surface area (Å²) in [5, 5.41) is 17.9. The van der Waals surface area contributed by atoms with Gasteiger partial charge in [0.15, 0.2) is 0 Å². The predicted molar refractivity (Wildman–Crippen MR) is 103 cm³/mol. The van der Waals surface area contributed by atoms with E-state index < -0.39 is 5.91 Å². The fourth-order valence-electron chi connectivity index (χ4n) is 1.94. The second-order valence-electron chi connectivity index (χ2n) is 5.15. The highest BCUT2D eigenvalue weighted by Gasteiger charge is 2.11. The smallest absolute Gasteiger partial charge is 0.267 e. The van der Waals surface area contributed by atoms with Crippen molar-refractivity contribution in [2.75, 3.05) is 16.0 Å². The van der Waals surface area contributed by atoms with Gasteiger partial charge in [-0.05, 0) is 42.5 Å². The van der Waals surface area contributed by atoms with Crippen LogP contribution in [0, 0.1) is 11.3 Å². The number of nitrogens with zero attached hydrogens (tertiary/aromatic N) is 1. The van der Waals surface area contributed by atoms with E-state index in [9.17, 15) is 14.9 Å². The number of hydrogen-bond acceptors (Lipinski definition) is 4. The van der Waals surface area contributed by atoms with Gasteiger partial charge >= 0.3 is 0 Å². The van der Waals surface area contributed by atoms with Crippen molar-refractivity contribution in [3.05, 3.63) is 64.3 Å². The van der Waals surface area contributed by atoms with E-state index in [1.54, 1.807) is 36.4 Å². The fraction of sp³-hybridized carbons (Fsp3) is 0.0556. The van der Waals surface area contributed by atoms with Gasteiger partial charge in [0, 0.05) is 29.5 Å². The molecule has 0 atom stereocenters. The van der Waals surface area contributed by atoms with Crippen molar-refractivity contribution in [3.63, 3.8) is 0 Å². The van der Waals surface area contributed by atoms with Crippen molar-refractivity contribution in [1.29, 1.82) is 5.26 Å². The summed E-state index contributed by atoms with van der Waals surface area (Å²) in [5.41, 5.74) is 1.50. The quantitative estimate of drug-likeness (QED) is 0.522. The number of anilines is 3. The van der Waals surface area contributed by atoms with Gasteiger partial charge in [0.1, 0.15) is 11.6 Å². The standard InChI is InChI=1S/C18H14Cl2N4O2/c1-11(25)23-15-5-3-14(4-6-15)22-10-12(9-21)18(26)24-17-7-2-13(19)8-16(17)20/h2-8,10,22H,1H3,(H,23,25)(H,24,26)/b12-10-. The van der Waals surface area contributed by atoms with Crippen molar-refractivity contribution in [3.8, 4) is 6.07 Å². The molecule has 0 saturated carbocycles. The maximum Gasteiger partial charge on any atom is 0.267 e. The number of benzene rings is 2. The van der Waals surface area contributed by atoms with Crippen LogP contribution in [0.3, 0.4) is 0 Å². The largest absolute Gasteiger partial charge is 0.360 e. The first kappa shape index (κ1) is 19.3. The van der Waals surface area contributed by atoms with Crippen molar-refractivity contribution in [2.45, 2.75) is 6.92 Å². The Bertz CT molecular complexity index is 902. The lowest BCUT2D eigenvalue weighted by atomic mass is 10.2. The van der Waals surface area contributed by atoms with E-state index in [0.29, 0.717) is 22.1 Å². The summed E-state index contributed by atoms with van der Waals surface area (Å²) < 4.78 is 0. The Morgan fingerprint density at radius 1 is 1.04 bits per heavy atom. The molecule has 26 heavy (non-hydrogen) atoms. The van der Waals surface area contributed by atoms with Gasteiger partial charge in [-0.15, -0.1) is 0 Å². The Hall–Kier alpha value is -3.01. The summed E-state index contributed by atoms with van der Waals surface area (Å²) in [6.07, 6.45) is 1.28. The normalized spacial score (nSPS) is 10.6. The third kappa shape index (κ3) is 5.52. The lowest BCUT2D eigenvalue weighted by Gasteiger charge is -2.08. The van der Waals surface area contributed by atoms with Crippen LogP contribution in [-0.2, 0) is 9.59 Å². The van der Waals surface area contributed by atoms with Crippen molar-refractivity contribution < 1.29 is 9.59 Å². The molecular formula is C18H14Cl2N4O2. The van der Waals surface area contributed by atoms with E-state index in [-0.39, 0.29) is 16.5 Å². The Kier molecular flexibility index (Phi) is 6.61. The fourth-order valence-corrected chi connectivity index (χ4v) is 2.39. The number of nitriles is 1. The minimum atomic E-state index is -0.612. The van der Waals surface area contributed by atoms with Crippen LogP contribution >= 0.6 is 23.2 Å². The average molecular weight is 389 g/mol. The highest BCUT2D eigenvalue weighted by Crippen LogP contribution is 2.25. The zero-order valence-electron chi connectivity index (χ0n) is 13.6. The van der Waals surface area contributed by atoms with Crippen LogP contribution < -0.4 is 16.0 Å². The number of rotatable bonds is 5. The molecule has 0 aliphatic rings. The Morgan fingerprint density at radius 2 is 1.69 bits per heavy atom. The van der Waals surface area contributed by atoms with Crippen molar-refractivity contribution in [1.82, 2.24) is 0 Å². The van der Waals surface area contributed by atoms with Crippen LogP contribution in [0.1, 0.15) is 6.92 Å². The van der Waals surface area contributed by atoms with E-state index in [1.807, 2.05) is 6.07 Å². The number of nitrogens with one attached hydrogen (secondary N) is 3. The average Bonchev–Trinajstić information content (AvgIpc) is 2.59. The molecule has 3 N–H and O–H groups in total. The van der Waals surface area contributed by atoms with E-state index in [0.717, 1.165) is 0 Å². The Labute approximate surface area is 160 Å². The van der Waals surface area contributed by atoms with Crippen LogP contribution in [0.15, 0.2) is 54.2 Å². The van der Waals surface area contributed by atoms with Crippen LogP contribution in [-0.4, -0.2) is 11.8 Å². The number of amides is 2. The van der Waals surface area contributed by atoms with Crippen LogP contribution in [0.5, 0.6) is 0 Å². The summed E-state index contributed by atoms with van der Waals surface area (Å²) in [6.45, 7) is 1.42. The van der Waals surface area contributed by atoms with Crippen LogP contribution in [0.2, 0.25) is 10.0 Å². The second kappa shape index (κ2) is 8.90. The molecule has 0 aliphatic heterocycles. The van der Waals surface area contributed by atoms with Gasteiger partial charge in [-0.25, -0.2) is 0 Å². The lowest BCUT2D eigenvalue weighted by Crippen LogP contribution is -2.14. The summed E-state index contributed by atoms with van der Waals surface area (Å²) in [4.78, 5) is 23.2. The zero-order chi connectivity index (χ0) is 19.1. The summed E-state index contributed by atoms with van der Waals surface area (Å²) in [5.74, 6) is -0.783. The highest BCUT2D eigenvalue weighted by atomic mass is 35.5. The molecule has 0 spiro atoms. The summed E-state index contributed by atoms with van der Waals surface area (Å²) in [6, 6.07) is 13.2. The topological polar surface area (TPSA) is 94.0 Å². The zero-order valence-corrected chi connectivity index (χ0v) is 15.2. The molecule has 0 saturated heterocycles. The molecule has 0 unspecified atom stereocenters. The molecule has 6 nitrogen and oxygen atoms in total. The molecule has 0 radical (unpaired) electrons. The van der Waals surface area contributed by atoms with Gasteiger partial charge in [-0.3, -0.25) is 9.59 Å². The summed E-state index contributed by atoms with van der Waals surface area (Å²) in [7, 11) is 0. The Morgan fingerprint density at radius 3 is 2.27 bits per heavy atom. The van der Waals surface area contributed by atoms with Gasteiger partial charge in [0.05, 0.1) is 10.7 Å². The number of halogens is 2. The first-order valence-electron chi connectivity index (χ1n) is 7.40. The molecule has 2 rings (SSSR count). The van der Waals surface area contributed by atoms with E-state index in [2.05, 4.69) is 16.0 Å². The lowest BCUT2D eigenvalue weighted by molar-refractivity contribution is -0.114.